The molecule has 1 atom stereocenters. The summed E-state index contributed by atoms with van der Waals surface area (Å²) in [6, 6.07) is 5.44. The fourth-order valence-corrected chi connectivity index (χ4v) is 2.42. The van der Waals surface area contributed by atoms with Crippen molar-refractivity contribution in [3.05, 3.63) is 18.2 Å². The summed E-state index contributed by atoms with van der Waals surface area (Å²) in [5.74, 6) is 1.58. The fourth-order valence-electron chi connectivity index (χ4n) is 2.42. The smallest absolute Gasteiger partial charge is 0.242 e. The minimum absolute atomic E-state index is 0.0526. The summed E-state index contributed by atoms with van der Waals surface area (Å²) in [5.41, 5.74) is 0.810. The van der Waals surface area contributed by atoms with Crippen molar-refractivity contribution < 1.29 is 14.3 Å². The van der Waals surface area contributed by atoms with Gasteiger partial charge in [0.05, 0.1) is 18.9 Å². The first-order chi connectivity index (χ1) is 10.2. The second-order valence-electron chi connectivity index (χ2n) is 5.01. The molecule has 0 aromatic heterocycles. The van der Waals surface area contributed by atoms with Gasteiger partial charge < -0.3 is 20.1 Å². The zero-order valence-electron chi connectivity index (χ0n) is 12.8. The molecule has 1 unspecified atom stereocenters. The van der Waals surface area contributed by atoms with Gasteiger partial charge in [0.25, 0.3) is 0 Å². The van der Waals surface area contributed by atoms with E-state index in [1.807, 2.05) is 32.0 Å². The largest absolute Gasteiger partial charge is 0.494 e. The quantitative estimate of drug-likeness (QED) is 0.846. The second kappa shape index (κ2) is 7.76. The molecule has 0 saturated carbocycles. The Balaban J connectivity index is 2.18. The van der Waals surface area contributed by atoms with Gasteiger partial charge in [-0.1, -0.05) is 0 Å². The number of hydrogen-bond acceptors (Lipinski definition) is 4. The Morgan fingerprint density at radius 1 is 1.24 bits per heavy atom. The second-order valence-corrected chi connectivity index (χ2v) is 5.01. The van der Waals surface area contributed by atoms with E-state index in [0.29, 0.717) is 13.2 Å². The maximum absolute atomic E-state index is 12.1. The van der Waals surface area contributed by atoms with Crippen molar-refractivity contribution >= 4 is 11.6 Å². The molecule has 1 fully saturated rings. The van der Waals surface area contributed by atoms with E-state index in [1.165, 1.54) is 0 Å². The third kappa shape index (κ3) is 4.28. The molecule has 1 aromatic rings. The maximum atomic E-state index is 12.1. The number of nitrogens with one attached hydrogen (secondary N) is 2. The van der Waals surface area contributed by atoms with Gasteiger partial charge in [-0.25, -0.2) is 0 Å². The Labute approximate surface area is 126 Å². The maximum Gasteiger partial charge on any atom is 0.242 e. The molecule has 0 aliphatic carbocycles. The first-order valence-corrected chi connectivity index (χ1v) is 7.68. The van der Waals surface area contributed by atoms with E-state index in [2.05, 4.69) is 10.6 Å². The Kier molecular flexibility index (Phi) is 5.72. The van der Waals surface area contributed by atoms with Gasteiger partial charge in [-0.2, -0.15) is 0 Å². The topological polar surface area (TPSA) is 59.6 Å². The van der Waals surface area contributed by atoms with Gasteiger partial charge in [0.15, 0.2) is 0 Å². The lowest BCUT2D eigenvalue weighted by Crippen LogP contribution is -2.37. The molecule has 5 nitrogen and oxygen atoms in total. The van der Waals surface area contributed by atoms with Crippen LogP contribution in [0.2, 0.25) is 0 Å². The summed E-state index contributed by atoms with van der Waals surface area (Å²) >= 11 is 0. The molecule has 2 rings (SSSR count). The van der Waals surface area contributed by atoms with Crippen LogP contribution in [-0.4, -0.2) is 31.7 Å². The van der Waals surface area contributed by atoms with Crippen molar-refractivity contribution in [2.45, 2.75) is 39.2 Å². The predicted molar refractivity (Wildman–Crippen MR) is 83.1 cm³/mol. The van der Waals surface area contributed by atoms with Crippen molar-refractivity contribution in [1.82, 2.24) is 5.32 Å². The van der Waals surface area contributed by atoms with E-state index < -0.39 is 0 Å². The predicted octanol–water partition coefficient (Wildman–Crippen LogP) is 2.56. The molecule has 1 heterocycles. The van der Waals surface area contributed by atoms with E-state index in [0.717, 1.165) is 43.0 Å². The molecular formula is C16H24N2O3. The molecule has 116 valence electrons. The van der Waals surface area contributed by atoms with Crippen molar-refractivity contribution in [3.63, 3.8) is 0 Å². The molecule has 1 saturated heterocycles. The fraction of sp³-hybridized carbons (Fsp3) is 0.562. The molecule has 0 bridgehead atoms. The molecule has 0 radical (unpaired) electrons. The number of hydrogen-bond donors (Lipinski definition) is 2. The van der Waals surface area contributed by atoms with E-state index in [1.54, 1.807) is 0 Å². The van der Waals surface area contributed by atoms with Crippen molar-refractivity contribution in [3.8, 4) is 11.5 Å². The van der Waals surface area contributed by atoms with E-state index in [9.17, 15) is 4.79 Å². The molecule has 21 heavy (non-hydrogen) atoms. The lowest BCUT2D eigenvalue weighted by atomic mass is 10.1. The van der Waals surface area contributed by atoms with E-state index in [-0.39, 0.29) is 11.9 Å². The number of amides is 1. The summed E-state index contributed by atoms with van der Waals surface area (Å²) < 4.78 is 11.2. The molecule has 0 spiro atoms. The lowest BCUT2D eigenvalue weighted by Gasteiger charge is -2.20. The van der Waals surface area contributed by atoms with Crippen molar-refractivity contribution in [2.75, 3.05) is 25.1 Å². The minimum atomic E-state index is -0.219. The van der Waals surface area contributed by atoms with Crippen LogP contribution in [0.4, 0.5) is 5.69 Å². The third-order valence-electron chi connectivity index (χ3n) is 3.43. The van der Waals surface area contributed by atoms with Crippen LogP contribution in [0.3, 0.4) is 0 Å². The highest BCUT2D eigenvalue weighted by atomic mass is 16.5. The van der Waals surface area contributed by atoms with Gasteiger partial charge in [0.1, 0.15) is 17.5 Å². The Bertz CT molecular complexity index is 477. The van der Waals surface area contributed by atoms with Gasteiger partial charge in [0, 0.05) is 12.6 Å². The van der Waals surface area contributed by atoms with Gasteiger partial charge in [-0.05, 0) is 45.2 Å². The van der Waals surface area contributed by atoms with Crippen LogP contribution < -0.4 is 20.1 Å². The number of carbonyl (C=O) groups excluding carboxylic acids is 1. The molecule has 1 amide bonds. The number of anilines is 1. The van der Waals surface area contributed by atoms with Gasteiger partial charge in [0.2, 0.25) is 5.91 Å². The lowest BCUT2D eigenvalue weighted by molar-refractivity contribution is -0.121. The van der Waals surface area contributed by atoms with Gasteiger partial charge in [-0.3, -0.25) is 4.79 Å². The Hall–Kier alpha value is -1.91. The first kappa shape index (κ1) is 15.5. The minimum Gasteiger partial charge on any atom is -0.494 e. The van der Waals surface area contributed by atoms with Crippen molar-refractivity contribution in [2.24, 2.45) is 0 Å². The Morgan fingerprint density at radius 2 is 2.05 bits per heavy atom. The number of rotatable bonds is 6. The average molecular weight is 292 g/mol. The normalized spacial score (nSPS) is 18.6. The van der Waals surface area contributed by atoms with Crippen LogP contribution in [0.5, 0.6) is 11.5 Å². The molecule has 5 heteroatoms. The molecule has 2 N–H and O–H groups in total. The van der Waals surface area contributed by atoms with E-state index >= 15 is 0 Å². The van der Waals surface area contributed by atoms with Gasteiger partial charge >= 0.3 is 0 Å². The highest BCUT2D eigenvalue weighted by Crippen LogP contribution is 2.30. The van der Waals surface area contributed by atoms with Crippen LogP contribution >= 0.6 is 0 Å². The molecule has 1 aromatic carbocycles. The summed E-state index contributed by atoms with van der Waals surface area (Å²) in [6.07, 6.45) is 2.89. The van der Waals surface area contributed by atoms with Crippen LogP contribution in [0.1, 0.15) is 33.1 Å². The van der Waals surface area contributed by atoms with Gasteiger partial charge in [-0.15, -0.1) is 0 Å². The summed E-state index contributed by atoms with van der Waals surface area (Å²) in [5, 5.41) is 6.24. The Morgan fingerprint density at radius 3 is 2.81 bits per heavy atom. The molecular weight excluding hydrogens is 268 g/mol. The monoisotopic (exact) mass is 292 g/mol. The summed E-state index contributed by atoms with van der Waals surface area (Å²) in [4.78, 5) is 12.1. The highest BCUT2D eigenvalue weighted by Gasteiger charge is 2.21. The molecule has 1 aliphatic heterocycles. The van der Waals surface area contributed by atoms with Crippen LogP contribution in [0.15, 0.2) is 18.2 Å². The van der Waals surface area contributed by atoms with Crippen LogP contribution in [0.25, 0.3) is 0 Å². The number of ether oxygens (including phenoxy) is 2. The van der Waals surface area contributed by atoms with E-state index in [4.69, 9.17) is 9.47 Å². The zero-order chi connectivity index (χ0) is 15.1. The van der Waals surface area contributed by atoms with Crippen molar-refractivity contribution in [1.29, 1.82) is 0 Å². The highest BCUT2D eigenvalue weighted by molar-refractivity contribution is 5.85. The first-order valence-electron chi connectivity index (χ1n) is 7.68. The summed E-state index contributed by atoms with van der Waals surface area (Å²) in [7, 11) is 0. The number of benzene rings is 1. The third-order valence-corrected chi connectivity index (χ3v) is 3.43. The van der Waals surface area contributed by atoms with Crippen LogP contribution in [0, 0.1) is 0 Å². The standard InChI is InChI=1S/C16H24N2O3/c1-3-20-12-8-9-15(21-4-2)14(11-12)18-13-7-5-6-10-17-16(13)19/h8-9,11,13,18H,3-7,10H2,1-2H3,(H,17,19). The SMILES string of the molecule is CCOc1ccc(OCC)c(NC2CCCCNC2=O)c1. The van der Waals surface area contributed by atoms with Crippen LogP contribution in [-0.2, 0) is 4.79 Å². The zero-order valence-corrected chi connectivity index (χ0v) is 12.8. The summed E-state index contributed by atoms with van der Waals surface area (Å²) in [6.45, 7) is 5.84. The average Bonchev–Trinajstić information content (AvgIpc) is 2.67. The number of carbonyl (C=O) groups is 1. The molecule has 1 aliphatic rings.